The average Bonchev–Trinajstić information content (AvgIpc) is 2.67. The summed E-state index contributed by atoms with van der Waals surface area (Å²) in [5.41, 5.74) is 5.86. The molecule has 0 heterocycles. The maximum Gasteiger partial charge on any atom is 0.269 e. The molecule has 0 saturated carbocycles. The predicted octanol–water partition coefficient (Wildman–Crippen LogP) is 2.96. The van der Waals surface area contributed by atoms with Crippen molar-refractivity contribution in [1.29, 1.82) is 0 Å². The van der Waals surface area contributed by atoms with E-state index in [4.69, 9.17) is 18.2 Å². The van der Waals surface area contributed by atoms with Crippen LogP contribution in [0.3, 0.4) is 0 Å². The highest BCUT2D eigenvalue weighted by molar-refractivity contribution is 6.34. The Kier molecular flexibility index (Phi) is 6.93. The van der Waals surface area contributed by atoms with Crippen molar-refractivity contribution in [2.75, 3.05) is 5.32 Å². The maximum atomic E-state index is 12.9. The number of hydrazine groups is 1. The Morgan fingerprint density at radius 1 is 1.18 bits per heavy atom. The molecule has 0 aliphatic rings. The topological polar surface area (TPSA) is 94.8 Å². The van der Waals surface area contributed by atoms with Crippen LogP contribution < -0.4 is 16.2 Å². The first-order chi connectivity index (χ1) is 13.2. The van der Waals surface area contributed by atoms with Crippen LogP contribution in [0, 0.1) is 19.3 Å². The number of rotatable bonds is 5. The Hall–Kier alpha value is -3.15. The maximum absolute atomic E-state index is 12.9. The Labute approximate surface area is 166 Å². The van der Waals surface area contributed by atoms with Gasteiger partial charge in [-0.25, -0.2) is 9.24 Å². The molecule has 146 valence electrons. The number of hydrogen-bond donors (Lipinski definition) is 4. The number of aliphatic hydroxyl groups excluding tert-OH is 1. The molecule has 0 radical (unpaired) electrons. The van der Waals surface area contributed by atoms with Gasteiger partial charge in [0.15, 0.2) is 0 Å². The normalized spacial score (nSPS) is 12.4. The predicted molar refractivity (Wildman–Crippen MR) is 104 cm³/mol. The van der Waals surface area contributed by atoms with Crippen LogP contribution in [0.25, 0.3) is 4.85 Å². The zero-order valence-corrected chi connectivity index (χ0v) is 15.8. The van der Waals surface area contributed by atoms with Gasteiger partial charge >= 0.3 is 0 Å². The van der Waals surface area contributed by atoms with Gasteiger partial charge in [0.1, 0.15) is 11.9 Å². The van der Waals surface area contributed by atoms with Crippen LogP contribution >= 0.6 is 11.6 Å². The number of carbonyl (C=O) groups is 2. The number of benzene rings is 2. The first kappa shape index (κ1) is 21.2. The van der Waals surface area contributed by atoms with E-state index in [-0.39, 0.29) is 16.3 Å². The monoisotopic (exact) mass is 404 g/mol. The average molecular weight is 405 g/mol. The van der Waals surface area contributed by atoms with Gasteiger partial charge in [-0.05, 0) is 49.7 Å². The number of hydrogen-bond acceptors (Lipinski definition) is 4. The second kappa shape index (κ2) is 9.17. The van der Waals surface area contributed by atoms with E-state index in [1.807, 2.05) is 0 Å². The van der Waals surface area contributed by atoms with Crippen molar-refractivity contribution in [2.45, 2.75) is 26.0 Å². The SMILES string of the molecule is [C-]#[N+]c1ccc(N[C@@H](C(=O)NNC(=O)c2ccc(F)cc2)[C@H](C)O)c(C)c1Cl. The van der Waals surface area contributed by atoms with Gasteiger partial charge in [-0.15, -0.1) is 0 Å². The van der Waals surface area contributed by atoms with Gasteiger partial charge in [0.25, 0.3) is 11.8 Å². The lowest BCUT2D eigenvalue weighted by Crippen LogP contribution is -2.52. The first-order valence-electron chi connectivity index (χ1n) is 8.21. The largest absolute Gasteiger partial charge is 0.391 e. The molecule has 2 rings (SSSR count). The zero-order valence-electron chi connectivity index (χ0n) is 15.1. The molecule has 0 aromatic heterocycles. The highest BCUT2D eigenvalue weighted by Crippen LogP contribution is 2.33. The first-order valence-corrected chi connectivity index (χ1v) is 8.59. The van der Waals surface area contributed by atoms with Crippen molar-refractivity contribution >= 4 is 34.8 Å². The van der Waals surface area contributed by atoms with Gasteiger partial charge in [0.05, 0.1) is 17.7 Å². The van der Waals surface area contributed by atoms with Gasteiger partial charge < -0.3 is 10.4 Å². The minimum absolute atomic E-state index is 0.153. The standard InChI is InChI=1S/C19H18ClFN4O3/c1-10-14(8-9-15(22-3)16(10)20)23-17(11(2)26)19(28)25-24-18(27)12-4-6-13(21)7-5-12/h4-9,11,17,23,26H,1-2H3,(H,24,27)(H,25,28)/t11-,17+/m0/s1. The second-order valence-electron chi connectivity index (χ2n) is 6.00. The summed E-state index contributed by atoms with van der Waals surface area (Å²) >= 11 is 6.12. The van der Waals surface area contributed by atoms with Crippen molar-refractivity contribution in [3.8, 4) is 0 Å². The highest BCUT2D eigenvalue weighted by Gasteiger charge is 2.25. The number of anilines is 1. The van der Waals surface area contributed by atoms with Crippen molar-refractivity contribution in [2.24, 2.45) is 0 Å². The molecule has 9 heteroatoms. The summed E-state index contributed by atoms with van der Waals surface area (Å²) in [5, 5.41) is 13.1. The Morgan fingerprint density at radius 2 is 1.82 bits per heavy atom. The fourth-order valence-electron chi connectivity index (χ4n) is 2.36. The third-order valence-electron chi connectivity index (χ3n) is 3.97. The van der Waals surface area contributed by atoms with Gasteiger partial charge in [-0.1, -0.05) is 17.7 Å². The fraction of sp³-hybridized carbons (Fsp3) is 0.211. The number of carbonyl (C=O) groups excluding carboxylic acids is 2. The molecule has 0 bridgehead atoms. The van der Waals surface area contributed by atoms with Gasteiger partial charge in [-0.3, -0.25) is 20.4 Å². The van der Waals surface area contributed by atoms with Crippen LogP contribution in [0.1, 0.15) is 22.8 Å². The van der Waals surface area contributed by atoms with Crippen LogP contribution in [-0.2, 0) is 4.79 Å². The molecule has 4 N–H and O–H groups in total. The molecule has 0 aliphatic heterocycles. The number of halogens is 2. The molecule has 0 spiro atoms. The van der Waals surface area contributed by atoms with E-state index < -0.39 is 29.8 Å². The van der Waals surface area contributed by atoms with E-state index in [1.54, 1.807) is 13.0 Å². The van der Waals surface area contributed by atoms with E-state index in [0.717, 1.165) is 12.1 Å². The van der Waals surface area contributed by atoms with Crippen LogP contribution in [0.5, 0.6) is 0 Å². The fourth-order valence-corrected chi connectivity index (χ4v) is 2.56. The Morgan fingerprint density at radius 3 is 2.39 bits per heavy atom. The Balaban J connectivity index is 2.08. The summed E-state index contributed by atoms with van der Waals surface area (Å²) in [5.74, 6) is -1.83. The molecule has 0 fully saturated rings. The molecule has 2 atom stereocenters. The smallest absolute Gasteiger partial charge is 0.269 e. The number of nitrogens with zero attached hydrogens (tertiary/aromatic N) is 1. The van der Waals surface area contributed by atoms with Gasteiger partial charge in [0, 0.05) is 11.3 Å². The molecule has 0 unspecified atom stereocenters. The third kappa shape index (κ3) is 4.97. The van der Waals surface area contributed by atoms with Gasteiger partial charge in [-0.2, -0.15) is 0 Å². The van der Waals surface area contributed by atoms with E-state index in [0.29, 0.717) is 11.3 Å². The lowest BCUT2D eigenvalue weighted by atomic mass is 10.1. The molecule has 0 aliphatic carbocycles. The number of aliphatic hydroxyl groups is 1. The molecule has 28 heavy (non-hydrogen) atoms. The lowest BCUT2D eigenvalue weighted by molar-refractivity contribution is -0.124. The third-order valence-corrected chi connectivity index (χ3v) is 4.45. The zero-order chi connectivity index (χ0) is 20.8. The van der Waals surface area contributed by atoms with E-state index >= 15 is 0 Å². The summed E-state index contributed by atoms with van der Waals surface area (Å²) in [7, 11) is 0. The molecular formula is C19H18ClFN4O3. The second-order valence-corrected chi connectivity index (χ2v) is 6.37. The Bertz CT molecular complexity index is 926. The molecule has 2 amide bonds. The van der Waals surface area contributed by atoms with Crippen molar-refractivity contribution in [3.63, 3.8) is 0 Å². The molecule has 2 aromatic rings. The molecular weight excluding hydrogens is 387 g/mol. The quantitative estimate of drug-likeness (QED) is 0.455. The molecule has 2 aromatic carbocycles. The summed E-state index contributed by atoms with van der Waals surface area (Å²) in [4.78, 5) is 27.7. The van der Waals surface area contributed by atoms with Crippen molar-refractivity contribution in [3.05, 3.63) is 69.8 Å². The van der Waals surface area contributed by atoms with E-state index in [2.05, 4.69) is 21.0 Å². The summed E-state index contributed by atoms with van der Waals surface area (Å²) in [6.45, 7) is 10.1. The van der Waals surface area contributed by atoms with Gasteiger partial charge in [0.2, 0.25) is 5.69 Å². The molecule has 7 nitrogen and oxygen atoms in total. The summed E-state index contributed by atoms with van der Waals surface area (Å²) in [6, 6.07) is 6.75. The number of amides is 2. The van der Waals surface area contributed by atoms with Crippen LogP contribution in [-0.4, -0.2) is 29.1 Å². The molecule has 0 saturated heterocycles. The van der Waals surface area contributed by atoms with Crippen molar-refractivity contribution < 1.29 is 19.1 Å². The van der Waals surface area contributed by atoms with Crippen LogP contribution in [0.4, 0.5) is 15.8 Å². The van der Waals surface area contributed by atoms with Crippen LogP contribution in [0.15, 0.2) is 36.4 Å². The van der Waals surface area contributed by atoms with Crippen molar-refractivity contribution in [1.82, 2.24) is 10.9 Å². The van der Waals surface area contributed by atoms with E-state index in [9.17, 15) is 19.1 Å². The lowest BCUT2D eigenvalue weighted by Gasteiger charge is -2.23. The van der Waals surface area contributed by atoms with Crippen LogP contribution in [0.2, 0.25) is 5.02 Å². The minimum atomic E-state index is -1.11. The highest BCUT2D eigenvalue weighted by atomic mass is 35.5. The summed E-state index contributed by atoms with van der Waals surface area (Å²) in [6.07, 6.45) is -1.11. The van der Waals surface area contributed by atoms with E-state index in [1.165, 1.54) is 25.1 Å². The minimum Gasteiger partial charge on any atom is -0.391 e. The summed E-state index contributed by atoms with van der Waals surface area (Å²) < 4.78 is 12.9. The number of nitrogens with one attached hydrogen (secondary N) is 3.